The number of hydrogen-bond acceptors (Lipinski definition) is 4. The molecule has 1 aliphatic heterocycles. The fourth-order valence-corrected chi connectivity index (χ4v) is 2.63. The lowest BCUT2D eigenvalue weighted by Crippen LogP contribution is -2.22. The number of Topliss-reactive ketones (excluding diaryl/α,β-unsaturated/α-hetero) is 1. The van der Waals surface area contributed by atoms with Crippen LogP contribution < -0.4 is 10.5 Å². The lowest BCUT2D eigenvalue weighted by atomic mass is 9.84. The highest BCUT2D eigenvalue weighted by Crippen LogP contribution is 2.40. The predicted octanol–water partition coefficient (Wildman–Crippen LogP) is 3.13. The van der Waals surface area contributed by atoms with E-state index in [0.717, 1.165) is 5.56 Å². The Balaban J connectivity index is 1.98. The first kappa shape index (κ1) is 13.9. The largest absolute Gasteiger partial charge is 0.440 e. The molecule has 0 fully saturated rings. The summed E-state index contributed by atoms with van der Waals surface area (Å²) in [6.07, 6.45) is 0.188. The Hall–Kier alpha value is -3.06. The van der Waals surface area contributed by atoms with Gasteiger partial charge in [0.05, 0.1) is 5.57 Å². The normalized spacial score (nSPS) is 16.4. The maximum Gasteiger partial charge on any atom is 0.205 e. The van der Waals surface area contributed by atoms with E-state index in [9.17, 15) is 10.1 Å². The van der Waals surface area contributed by atoms with E-state index in [1.54, 1.807) is 18.2 Å². The molecule has 1 aliphatic rings. The van der Waals surface area contributed by atoms with Crippen LogP contribution in [0.15, 0.2) is 66.1 Å². The van der Waals surface area contributed by atoms with Crippen molar-refractivity contribution < 1.29 is 9.53 Å². The molecule has 0 bridgehead atoms. The predicted molar refractivity (Wildman–Crippen MR) is 82.0 cm³/mol. The molecule has 0 spiro atoms. The molecule has 0 saturated heterocycles. The van der Waals surface area contributed by atoms with Crippen molar-refractivity contribution in [3.8, 4) is 11.8 Å². The van der Waals surface area contributed by atoms with Crippen molar-refractivity contribution in [3.05, 3.63) is 77.2 Å². The Kier molecular flexibility index (Phi) is 3.63. The maximum atomic E-state index is 12.5. The Morgan fingerprint density at radius 2 is 1.82 bits per heavy atom. The first-order chi connectivity index (χ1) is 10.7. The van der Waals surface area contributed by atoms with Crippen molar-refractivity contribution in [3.63, 3.8) is 0 Å². The van der Waals surface area contributed by atoms with Gasteiger partial charge < -0.3 is 10.5 Å². The second-order valence-corrected chi connectivity index (χ2v) is 5.08. The summed E-state index contributed by atoms with van der Waals surface area (Å²) < 4.78 is 5.48. The number of benzene rings is 2. The Morgan fingerprint density at radius 1 is 1.14 bits per heavy atom. The summed E-state index contributed by atoms with van der Waals surface area (Å²) >= 11 is 0. The van der Waals surface area contributed by atoms with Gasteiger partial charge in [0.25, 0.3) is 0 Å². The second-order valence-electron chi connectivity index (χ2n) is 5.08. The summed E-state index contributed by atoms with van der Waals surface area (Å²) in [5.74, 6) is 0.280. The lowest BCUT2D eigenvalue weighted by Gasteiger charge is -2.25. The van der Waals surface area contributed by atoms with Crippen LogP contribution in [0, 0.1) is 11.3 Å². The zero-order valence-electron chi connectivity index (χ0n) is 11.8. The van der Waals surface area contributed by atoms with Gasteiger partial charge in [-0.25, -0.2) is 0 Å². The van der Waals surface area contributed by atoms with E-state index >= 15 is 0 Å². The standard InChI is InChI=1S/C18H14N2O2/c19-11-15-14(10-16(21)12-6-2-1-3-7-12)13-8-4-5-9-17(13)22-18(15)20/h1-9,14H,10,20H2/t14-/m0/s1. The van der Waals surface area contributed by atoms with Crippen molar-refractivity contribution >= 4 is 5.78 Å². The summed E-state index contributed by atoms with van der Waals surface area (Å²) in [5.41, 5.74) is 7.59. The molecule has 2 aromatic rings. The van der Waals surface area contributed by atoms with Gasteiger partial charge in [0, 0.05) is 23.5 Å². The first-order valence-corrected chi connectivity index (χ1v) is 6.95. The van der Waals surface area contributed by atoms with Crippen LogP contribution in [-0.2, 0) is 0 Å². The van der Waals surface area contributed by atoms with Gasteiger partial charge in [-0.3, -0.25) is 4.79 Å². The van der Waals surface area contributed by atoms with E-state index in [-0.39, 0.29) is 24.0 Å². The van der Waals surface area contributed by atoms with Crippen molar-refractivity contribution in [2.45, 2.75) is 12.3 Å². The van der Waals surface area contributed by atoms with Crippen molar-refractivity contribution in [1.29, 1.82) is 5.26 Å². The molecular weight excluding hydrogens is 276 g/mol. The lowest BCUT2D eigenvalue weighted by molar-refractivity contribution is 0.0976. The quantitative estimate of drug-likeness (QED) is 0.881. The Labute approximate surface area is 128 Å². The molecule has 2 aromatic carbocycles. The number of carbonyl (C=O) groups excluding carboxylic acids is 1. The highest BCUT2D eigenvalue weighted by Gasteiger charge is 2.30. The molecular formula is C18H14N2O2. The number of para-hydroxylation sites is 1. The van der Waals surface area contributed by atoms with Gasteiger partial charge in [0.1, 0.15) is 11.8 Å². The number of carbonyl (C=O) groups is 1. The molecule has 0 aromatic heterocycles. The van der Waals surface area contributed by atoms with Crippen molar-refractivity contribution in [2.75, 3.05) is 0 Å². The molecule has 1 heterocycles. The summed E-state index contributed by atoms with van der Waals surface area (Å²) in [7, 11) is 0. The Morgan fingerprint density at radius 3 is 2.55 bits per heavy atom. The number of nitriles is 1. The number of fused-ring (bicyclic) bond motifs is 1. The number of ketones is 1. The van der Waals surface area contributed by atoms with Gasteiger partial charge in [0.2, 0.25) is 5.88 Å². The fourth-order valence-electron chi connectivity index (χ4n) is 2.63. The zero-order valence-corrected chi connectivity index (χ0v) is 11.8. The zero-order chi connectivity index (χ0) is 15.5. The van der Waals surface area contributed by atoms with E-state index in [4.69, 9.17) is 10.5 Å². The monoisotopic (exact) mass is 290 g/mol. The summed E-state index contributed by atoms with van der Waals surface area (Å²) in [6.45, 7) is 0. The van der Waals surface area contributed by atoms with Crippen molar-refractivity contribution in [1.82, 2.24) is 0 Å². The number of nitrogens with zero attached hydrogens (tertiary/aromatic N) is 1. The van der Waals surface area contributed by atoms with Crippen LogP contribution in [0.3, 0.4) is 0 Å². The van der Waals surface area contributed by atoms with Crippen LogP contribution in [0.5, 0.6) is 5.75 Å². The van der Waals surface area contributed by atoms with Crippen LogP contribution in [-0.4, -0.2) is 5.78 Å². The van der Waals surface area contributed by atoms with Gasteiger partial charge in [-0.15, -0.1) is 0 Å². The number of hydrogen-bond donors (Lipinski definition) is 1. The fraction of sp³-hybridized carbons (Fsp3) is 0.111. The van der Waals surface area contributed by atoms with E-state index < -0.39 is 0 Å². The van der Waals surface area contributed by atoms with E-state index in [1.165, 1.54) is 0 Å². The molecule has 0 amide bonds. The smallest absolute Gasteiger partial charge is 0.205 e. The highest BCUT2D eigenvalue weighted by atomic mass is 16.5. The average molecular weight is 290 g/mol. The van der Waals surface area contributed by atoms with E-state index in [0.29, 0.717) is 16.9 Å². The van der Waals surface area contributed by atoms with Crippen LogP contribution in [0.4, 0.5) is 0 Å². The minimum Gasteiger partial charge on any atom is -0.440 e. The van der Waals surface area contributed by atoms with Gasteiger partial charge >= 0.3 is 0 Å². The molecule has 3 rings (SSSR count). The van der Waals surface area contributed by atoms with Gasteiger partial charge in [-0.05, 0) is 6.07 Å². The topological polar surface area (TPSA) is 76.1 Å². The number of nitrogens with two attached hydrogens (primary N) is 1. The summed E-state index contributed by atoms with van der Waals surface area (Å²) in [5, 5.41) is 9.36. The second kappa shape index (κ2) is 5.74. The van der Waals surface area contributed by atoms with E-state index in [1.807, 2.05) is 36.4 Å². The minimum absolute atomic E-state index is 0.0251. The molecule has 4 nitrogen and oxygen atoms in total. The number of allylic oxidation sites excluding steroid dienone is 1. The molecule has 0 saturated carbocycles. The molecule has 0 radical (unpaired) electrons. The highest BCUT2D eigenvalue weighted by molar-refractivity contribution is 5.97. The molecule has 2 N–H and O–H groups in total. The number of ether oxygens (including phenoxy) is 1. The molecule has 0 aliphatic carbocycles. The average Bonchev–Trinajstić information content (AvgIpc) is 2.55. The first-order valence-electron chi connectivity index (χ1n) is 6.95. The third-order valence-electron chi connectivity index (χ3n) is 3.73. The van der Waals surface area contributed by atoms with Gasteiger partial charge in [-0.2, -0.15) is 5.26 Å². The SMILES string of the molecule is N#CC1=C(N)Oc2ccccc2[C@@H]1CC(=O)c1ccccc1. The molecule has 22 heavy (non-hydrogen) atoms. The van der Waals surface area contributed by atoms with Crippen LogP contribution in [0.2, 0.25) is 0 Å². The molecule has 4 heteroatoms. The van der Waals surface area contributed by atoms with Crippen molar-refractivity contribution in [2.24, 2.45) is 5.73 Å². The summed E-state index contributed by atoms with van der Waals surface area (Å²) in [6, 6.07) is 18.5. The van der Waals surface area contributed by atoms with Crippen LogP contribution in [0.1, 0.15) is 28.3 Å². The summed E-state index contributed by atoms with van der Waals surface area (Å²) in [4.78, 5) is 12.5. The van der Waals surface area contributed by atoms with E-state index in [2.05, 4.69) is 6.07 Å². The van der Waals surface area contributed by atoms with Gasteiger partial charge in [0.15, 0.2) is 5.78 Å². The van der Waals surface area contributed by atoms with Crippen LogP contribution >= 0.6 is 0 Å². The van der Waals surface area contributed by atoms with Crippen LogP contribution in [0.25, 0.3) is 0 Å². The third kappa shape index (κ3) is 2.45. The Bertz CT molecular complexity index is 788. The third-order valence-corrected chi connectivity index (χ3v) is 3.73. The molecule has 0 unspecified atom stereocenters. The number of rotatable bonds is 3. The molecule has 108 valence electrons. The minimum atomic E-state index is -0.373. The molecule has 1 atom stereocenters. The van der Waals surface area contributed by atoms with Gasteiger partial charge in [-0.1, -0.05) is 48.5 Å². The maximum absolute atomic E-state index is 12.5.